The third kappa shape index (κ3) is 2.56. The van der Waals surface area contributed by atoms with E-state index in [0.717, 1.165) is 0 Å². The molecular weight excluding hydrogens is 432 g/mol. The molecule has 4 nitrogen and oxygen atoms in total. The van der Waals surface area contributed by atoms with Crippen molar-refractivity contribution in [3.8, 4) is 0 Å². The lowest BCUT2D eigenvalue weighted by Crippen LogP contribution is -2.03. The van der Waals surface area contributed by atoms with Crippen molar-refractivity contribution in [2.45, 2.75) is 4.90 Å². The van der Waals surface area contributed by atoms with Gasteiger partial charge in [-0.3, -0.25) is 0 Å². The molecule has 0 unspecified atom stereocenters. The molecule has 0 atom stereocenters. The van der Waals surface area contributed by atoms with Crippen LogP contribution < -0.4 is 0 Å². The lowest BCUT2D eigenvalue weighted by Gasteiger charge is -2.11. The maximum atomic E-state index is 10.8. The van der Waals surface area contributed by atoms with Crippen molar-refractivity contribution >= 4 is 61.0 Å². The Morgan fingerprint density at radius 2 is 1.71 bits per heavy atom. The number of halogens is 2. The Morgan fingerprint density at radius 1 is 1.29 bits per heavy atom. The summed E-state index contributed by atoms with van der Waals surface area (Å²) >= 11 is 3.47. The Morgan fingerprint density at radius 3 is 2.00 bits per heavy atom. The standard InChI is InChI=1S/C7H3I2NO3S/c1-10-4-2-5(8)7(6(9)3-4)14(11,12)13/h2-3H,(H,11,12,13)/p-1. The van der Waals surface area contributed by atoms with Crippen molar-refractivity contribution < 1.29 is 13.0 Å². The van der Waals surface area contributed by atoms with Crippen LogP contribution in [0.1, 0.15) is 0 Å². The lowest BCUT2D eigenvalue weighted by molar-refractivity contribution is 0.462. The average molecular weight is 434 g/mol. The Kier molecular flexibility index (Phi) is 3.73. The summed E-state index contributed by atoms with van der Waals surface area (Å²) < 4.78 is 33.1. The fourth-order valence-corrected chi connectivity index (χ4v) is 4.80. The summed E-state index contributed by atoms with van der Waals surface area (Å²) in [5, 5.41) is 0. The van der Waals surface area contributed by atoms with E-state index < -0.39 is 10.1 Å². The Labute approximate surface area is 109 Å². The van der Waals surface area contributed by atoms with Crippen LogP contribution >= 0.6 is 45.2 Å². The van der Waals surface area contributed by atoms with Gasteiger partial charge in [-0.2, -0.15) is 0 Å². The fraction of sp³-hybridized carbons (Fsp3) is 0. The van der Waals surface area contributed by atoms with Crippen LogP contribution in [0.3, 0.4) is 0 Å². The predicted octanol–water partition coefficient (Wildman–Crippen LogP) is 2.35. The molecule has 7 heteroatoms. The Hall–Kier alpha value is 0.0800. The SMILES string of the molecule is [C-]#[N+]c1cc(I)c(S(=O)(=O)[O-])c(I)c1. The van der Waals surface area contributed by atoms with E-state index in [1.54, 1.807) is 45.2 Å². The van der Waals surface area contributed by atoms with Crippen LogP contribution in [0, 0.1) is 13.7 Å². The van der Waals surface area contributed by atoms with Crippen LogP contribution in [0.2, 0.25) is 0 Å². The second kappa shape index (κ2) is 4.30. The molecule has 0 aliphatic heterocycles. The van der Waals surface area contributed by atoms with Crippen molar-refractivity contribution in [1.82, 2.24) is 0 Å². The first-order valence-corrected chi connectivity index (χ1v) is 6.75. The van der Waals surface area contributed by atoms with Crippen LogP contribution in [0.4, 0.5) is 5.69 Å². The molecule has 0 aromatic heterocycles. The molecule has 0 N–H and O–H groups in total. The zero-order chi connectivity index (χ0) is 10.9. The molecule has 0 saturated heterocycles. The van der Waals surface area contributed by atoms with E-state index in [2.05, 4.69) is 4.85 Å². The second-order valence-electron chi connectivity index (χ2n) is 2.30. The van der Waals surface area contributed by atoms with Gasteiger partial charge in [0.1, 0.15) is 10.1 Å². The van der Waals surface area contributed by atoms with Gasteiger partial charge in [0.05, 0.1) is 11.5 Å². The normalized spacial score (nSPS) is 11.0. The van der Waals surface area contributed by atoms with Gasteiger partial charge in [-0.25, -0.2) is 13.3 Å². The molecule has 0 saturated carbocycles. The number of nitrogens with zero attached hydrogens (tertiary/aromatic N) is 1. The summed E-state index contributed by atoms with van der Waals surface area (Å²) in [5.74, 6) is 0. The van der Waals surface area contributed by atoms with Crippen LogP contribution in [-0.2, 0) is 10.1 Å². The minimum Gasteiger partial charge on any atom is -0.744 e. The van der Waals surface area contributed by atoms with E-state index >= 15 is 0 Å². The summed E-state index contributed by atoms with van der Waals surface area (Å²) in [6, 6.07) is 2.75. The number of rotatable bonds is 1. The van der Waals surface area contributed by atoms with Crippen LogP contribution in [0.25, 0.3) is 4.85 Å². The molecule has 0 spiro atoms. The van der Waals surface area contributed by atoms with E-state index in [1.165, 1.54) is 12.1 Å². The Balaban J connectivity index is 3.59. The van der Waals surface area contributed by atoms with Gasteiger partial charge in [0, 0.05) is 7.14 Å². The highest BCUT2D eigenvalue weighted by molar-refractivity contribution is 14.1. The summed E-state index contributed by atoms with van der Waals surface area (Å²) in [6.07, 6.45) is 0. The first-order chi connectivity index (χ1) is 6.36. The second-order valence-corrected chi connectivity index (χ2v) is 5.95. The minimum absolute atomic E-state index is 0.244. The molecule has 14 heavy (non-hydrogen) atoms. The third-order valence-electron chi connectivity index (χ3n) is 1.36. The van der Waals surface area contributed by atoms with Gasteiger partial charge in [-0.1, -0.05) is 0 Å². The molecule has 0 heterocycles. The summed E-state index contributed by atoms with van der Waals surface area (Å²) in [5.41, 5.74) is 0.325. The van der Waals surface area contributed by atoms with Crippen molar-refractivity contribution in [3.63, 3.8) is 0 Å². The van der Waals surface area contributed by atoms with E-state index in [4.69, 9.17) is 6.57 Å². The lowest BCUT2D eigenvalue weighted by atomic mass is 10.3. The molecule has 0 amide bonds. The fourth-order valence-electron chi connectivity index (χ4n) is 0.850. The monoisotopic (exact) mass is 434 g/mol. The van der Waals surface area contributed by atoms with Gasteiger partial charge in [0.25, 0.3) is 0 Å². The minimum atomic E-state index is -4.46. The first-order valence-electron chi connectivity index (χ1n) is 3.18. The highest BCUT2D eigenvalue weighted by Crippen LogP contribution is 2.28. The van der Waals surface area contributed by atoms with Crippen molar-refractivity contribution in [1.29, 1.82) is 0 Å². The largest absolute Gasteiger partial charge is 0.744 e. The van der Waals surface area contributed by atoms with Crippen molar-refractivity contribution in [2.75, 3.05) is 0 Å². The van der Waals surface area contributed by atoms with Crippen molar-refractivity contribution in [2.24, 2.45) is 0 Å². The Bertz CT molecular complexity index is 495. The highest BCUT2D eigenvalue weighted by Gasteiger charge is 2.12. The van der Waals surface area contributed by atoms with Gasteiger partial charge in [0.15, 0.2) is 5.69 Å². The summed E-state index contributed by atoms with van der Waals surface area (Å²) in [4.78, 5) is 2.91. The molecule has 1 aromatic carbocycles. The molecule has 0 aliphatic carbocycles. The summed E-state index contributed by atoms with van der Waals surface area (Å²) in [7, 11) is -4.46. The zero-order valence-electron chi connectivity index (χ0n) is 6.49. The van der Waals surface area contributed by atoms with E-state index in [9.17, 15) is 13.0 Å². The van der Waals surface area contributed by atoms with Crippen LogP contribution in [0.5, 0.6) is 0 Å². The number of hydrogen-bond acceptors (Lipinski definition) is 3. The van der Waals surface area contributed by atoms with Crippen LogP contribution in [-0.4, -0.2) is 13.0 Å². The molecular formula is C7H2I2NO3S-. The zero-order valence-corrected chi connectivity index (χ0v) is 11.6. The maximum absolute atomic E-state index is 10.8. The highest BCUT2D eigenvalue weighted by atomic mass is 127. The average Bonchev–Trinajstić information content (AvgIpc) is 1.99. The quantitative estimate of drug-likeness (QED) is 0.388. The van der Waals surface area contributed by atoms with Gasteiger partial charge < -0.3 is 4.55 Å². The maximum Gasteiger partial charge on any atom is 0.189 e. The molecule has 1 aromatic rings. The van der Waals surface area contributed by atoms with E-state index in [1.807, 2.05) is 0 Å². The number of hydrogen-bond donors (Lipinski definition) is 0. The van der Waals surface area contributed by atoms with Gasteiger partial charge in [0.2, 0.25) is 0 Å². The van der Waals surface area contributed by atoms with E-state index in [-0.39, 0.29) is 12.0 Å². The molecule has 0 bridgehead atoms. The summed E-state index contributed by atoms with van der Waals surface area (Å²) in [6.45, 7) is 6.75. The molecule has 0 aliphatic rings. The predicted molar refractivity (Wildman–Crippen MR) is 66.1 cm³/mol. The molecule has 74 valence electrons. The van der Waals surface area contributed by atoms with Crippen LogP contribution in [0.15, 0.2) is 17.0 Å². The van der Waals surface area contributed by atoms with Gasteiger partial charge in [-0.15, -0.1) is 0 Å². The van der Waals surface area contributed by atoms with Gasteiger partial charge in [-0.05, 0) is 57.3 Å². The third-order valence-corrected chi connectivity index (χ3v) is 4.74. The number of benzene rings is 1. The van der Waals surface area contributed by atoms with Gasteiger partial charge >= 0.3 is 0 Å². The molecule has 1 rings (SSSR count). The van der Waals surface area contributed by atoms with E-state index in [0.29, 0.717) is 5.69 Å². The van der Waals surface area contributed by atoms with Crippen molar-refractivity contribution in [3.05, 3.63) is 30.7 Å². The molecule has 0 radical (unpaired) electrons. The smallest absolute Gasteiger partial charge is 0.189 e. The topological polar surface area (TPSA) is 61.6 Å². The first kappa shape index (κ1) is 12.2. The molecule has 0 fully saturated rings.